The van der Waals surface area contributed by atoms with Crippen molar-refractivity contribution in [1.82, 2.24) is 0 Å². The van der Waals surface area contributed by atoms with E-state index in [4.69, 9.17) is 0 Å². The normalized spacial score (nSPS) is 14.1. The van der Waals surface area contributed by atoms with Gasteiger partial charge in [-0.25, -0.2) is 0 Å². The number of para-hydroxylation sites is 2. The Morgan fingerprint density at radius 2 is 1.00 bits per heavy atom. The molecule has 1 aliphatic heterocycles. The second kappa shape index (κ2) is 8.26. The van der Waals surface area contributed by atoms with Gasteiger partial charge in [-0.1, -0.05) is 97.1 Å². The highest BCUT2D eigenvalue weighted by molar-refractivity contribution is 7.24. The molecule has 2 nitrogen and oxygen atoms in total. The monoisotopic (exact) mass is 541 g/mol. The molecule has 1 spiro atoms. The summed E-state index contributed by atoms with van der Waals surface area (Å²) < 4.78 is 2.01. The maximum Gasteiger partial charge on any atom is 0.195 e. The highest BCUT2D eigenvalue weighted by Gasteiger charge is 2.51. The highest BCUT2D eigenvalue weighted by Crippen LogP contribution is 2.63. The average Bonchev–Trinajstić information content (AvgIpc) is 3.32. The SMILES string of the molecule is O=c1c2ccccc2sc2cc(N3c4ccccc4C4(c5ccccc5-c5ccccc54)c4ccccc43)ccc12. The van der Waals surface area contributed by atoms with E-state index in [-0.39, 0.29) is 5.43 Å². The molecule has 0 bridgehead atoms. The quantitative estimate of drug-likeness (QED) is 0.193. The number of rotatable bonds is 1. The fraction of sp³-hybridized carbons (Fsp3) is 0.0263. The average molecular weight is 542 g/mol. The molecule has 3 heteroatoms. The summed E-state index contributed by atoms with van der Waals surface area (Å²) in [4.78, 5) is 15.7. The van der Waals surface area contributed by atoms with Crippen LogP contribution in [0.3, 0.4) is 0 Å². The summed E-state index contributed by atoms with van der Waals surface area (Å²) in [7, 11) is 0. The summed E-state index contributed by atoms with van der Waals surface area (Å²) in [5.41, 5.74) is 10.8. The molecule has 9 rings (SSSR count). The fourth-order valence-electron chi connectivity index (χ4n) is 7.27. The summed E-state index contributed by atoms with van der Waals surface area (Å²) >= 11 is 1.68. The minimum Gasteiger partial charge on any atom is -0.310 e. The van der Waals surface area contributed by atoms with E-state index in [0.717, 1.165) is 37.2 Å². The zero-order valence-electron chi connectivity index (χ0n) is 22.0. The van der Waals surface area contributed by atoms with Crippen molar-refractivity contribution in [3.05, 3.63) is 172 Å². The molecule has 0 saturated carbocycles. The van der Waals surface area contributed by atoms with Gasteiger partial charge in [0.2, 0.25) is 0 Å². The van der Waals surface area contributed by atoms with Crippen LogP contribution in [0.2, 0.25) is 0 Å². The lowest BCUT2D eigenvalue weighted by molar-refractivity contribution is 0.753. The van der Waals surface area contributed by atoms with Crippen molar-refractivity contribution in [3.63, 3.8) is 0 Å². The van der Waals surface area contributed by atoms with Gasteiger partial charge < -0.3 is 4.90 Å². The molecule has 1 aliphatic carbocycles. The van der Waals surface area contributed by atoms with Gasteiger partial charge in [0.1, 0.15) is 0 Å². The first-order valence-corrected chi connectivity index (χ1v) is 14.7. The van der Waals surface area contributed by atoms with Gasteiger partial charge in [0.15, 0.2) is 5.43 Å². The van der Waals surface area contributed by atoms with Crippen molar-refractivity contribution < 1.29 is 0 Å². The zero-order chi connectivity index (χ0) is 27.1. The summed E-state index contributed by atoms with van der Waals surface area (Å²) in [6.07, 6.45) is 0. The Balaban J connectivity index is 1.37. The third-order valence-corrected chi connectivity index (χ3v) is 10.0. The smallest absolute Gasteiger partial charge is 0.195 e. The van der Waals surface area contributed by atoms with Crippen LogP contribution in [0.15, 0.2) is 144 Å². The third kappa shape index (κ3) is 2.88. The van der Waals surface area contributed by atoms with Gasteiger partial charge in [-0.05, 0) is 75.8 Å². The molecule has 0 amide bonds. The Hall–Kier alpha value is -4.99. The lowest BCUT2D eigenvalue weighted by atomic mass is 9.64. The number of benzene rings is 6. The van der Waals surface area contributed by atoms with Crippen molar-refractivity contribution in [1.29, 1.82) is 0 Å². The summed E-state index contributed by atoms with van der Waals surface area (Å²) in [5, 5.41) is 1.55. The van der Waals surface area contributed by atoms with E-state index < -0.39 is 5.41 Å². The lowest BCUT2D eigenvalue weighted by Gasteiger charge is -2.45. The molecule has 41 heavy (non-hydrogen) atoms. The number of hydrogen-bond donors (Lipinski definition) is 0. The van der Waals surface area contributed by atoms with Gasteiger partial charge in [0.05, 0.1) is 16.8 Å². The molecule has 192 valence electrons. The highest BCUT2D eigenvalue weighted by atomic mass is 32.1. The van der Waals surface area contributed by atoms with Crippen molar-refractivity contribution in [2.75, 3.05) is 4.90 Å². The Morgan fingerprint density at radius 1 is 0.488 bits per heavy atom. The predicted octanol–water partition coefficient (Wildman–Crippen LogP) is 9.56. The largest absolute Gasteiger partial charge is 0.310 e. The van der Waals surface area contributed by atoms with Gasteiger partial charge in [0.25, 0.3) is 0 Å². The molecule has 0 fully saturated rings. The Labute approximate surface area is 241 Å². The standard InChI is InChI=1S/C38H23NOS/c40-37-27-13-3-10-20-35(27)41-36-23-24(21-22-28(36)37)39-33-18-8-6-16-31(33)38(32-17-7-9-19-34(32)39)29-14-4-1-11-25(29)26-12-2-5-15-30(26)38/h1-23H. The third-order valence-electron chi connectivity index (χ3n) is 8.87. The van der Waals surface area contributed by atoms with Gasteiger partial charge in [0, 0.05) is 25.9 Å². The molecule has 0 radical (unpaired) electrons. The zero-order valence-corrected chi connectivity index (χ0v) is 22.9. The molecule has 6 aromatic carbocycles. The van der Waals surface area contributed by atoms with Crippen LogP contribution in [0.1, 0.15) is 22.3 Å². The molecule has 1 aromatic heterocycles. The van der Waals surface area contributed by atoms with Crippen molar-refractivity contribution in [2.45, 2.75) is 5.41 Å². The first-order valence-electron chi connectivity index (χ1n) is 13.9. The van der Waals surface area contributed by atoms with Crippen molar-refractivity contribution in [3.8, 4) is 11.1 Å². The van der Waals surface area contributed by atoms with Crippen LogP contribution in [0.25, 0.3) is 31.3 Å². The molecular weight excluding hydrogens is 518 g/mol. The van der Waals surface area contributed by atoms with Crippen molar-refractivity contribution >= 4 is 48.6 Å². The predicted molar refractivity (Wildman–Crippen MR) is 171 cm³/mol. The Morgan fingerprint density at radius 3 is 1.66 bits per heavy atom. The number of fused-ring (bicyclic) bond motifs is 11. The second-order valence-electron chi connectivity index (χ2n) is 10.8. The van der Waals surface area contributed by atoms with E-state index in [1.54, 1.807) is 11.3 Å². The van der Waals surface area contributed by atoms with Crippen LogP contribution >= 0.6 is 11.3 Å². The number of anilines is 3. The number of nitrogens with zero attached hydrogens (tertiary/aromatic N) is 1. The molecule has 0 N–H and O–H groups in total. The van der Waals surface area contributed by atoms with Crippen LogP contribution in [0, 0.1) is 0 Å². The van der Waals surface area contributed by atoms with Gasteiger partial charge in [-0.3, -0.25) is 4.79 Å². The van der Waals surface area contributed by atoms with Crippen molar-refractivity contribution in [2.24, 2.45) is 0 Å². The van der Waals surface area contributed by atoms with E-state index >= 15 is 0 Å². The topological polar surface area (TPSA) is 20.3 Å². The molecule has 7 aromatic rings. The van der Waals surface area contributed by atoms with Crippen LogP contribution in [0.5, 0.6) is 0 Å². The Bertz CT molecular complexity index is 2170. The van der Waals surface area contributed by atoms with E-state index in [1.807, 2.05) is 30.3 Å². The van der Waals surface area contributed by atoms with Crippen LogP contribution in [0.4, 0.5) is 17.1 Å². The molecule has 0 atom stereocenters. The van der Waals surface area contributed by atoms with E-state index in [9.17, 15) is 4.79 Å². The molecule has 0 saturated heterocycles. The first-order chi connectivity index (χ1) is 20.3. The summed E-state index contributed by atoms with van der Waals surface area (Å²) in [5.74, 6) is 0. The maximum atomic E-state index is 13.4. The summed E-state index contributed by atoms with van der Waals surface area (Å²) in [6, 6.07) is 49.6. The molecule has 2 aliphatic rings. The van der Waals surface area contributed by atoms with Gasteiger partial charge in [-0.2, -0.15) is 0 Å². The van der Waals surface area contributed by atoms with E-state index in [0.29, 0.717) is 0 Å². The van der Waals surface area contributed by atoms with Crippen LogP contribution in [-0.4, -0.2) is 0 Å². The number of hydrogen-bond acceptors (Lipinski definition) is 3. The molecule has 2 heterocycles. The van der Waals surface area contributed by atoms with Gasteiger partial charge in [-0.15, -0.1) is 11.3 Å². The summed E-state index contributed by atoms with van der Waals surface area (Å²) in [6.45, 7) is 0. The first kappa shape index (κ1) is 22.8. The van der Waals surface area contributed by atoms with E-state index in [2.05, 4.69) is 114 Å². The van der Waals surface area contributed by atoms with Crippen LogP contribution < -0.4 is 10.3 Å². The van der Waals surface area contributed by atoms with Gasteiger partial charge >= 0.3 is 0 Å². The molecular formula is C38H23NOS. The second-order valence-corrected chi connectivity index (χ2v) is 11.9. The minimum absolute atomic E-state index is 0.0958. The fourth-order valence-corrected chi connectivity index (χ4v) is 8.37. The maximum absolute atomic E-state index is 13.4. The Kier molecular flexibility index (Phi) is 4.59. The molecule has 0 unspecified atom stereocenters. The minimum atomic E-state index is -0.422. The lowest BCUT2D eigenvalue weighted by Crippen LogP contribution is -2.36. The van der Waals surface area contributed by atoms with E-state index in [1.165, 1.54) is 33.4 Å². The van der Waals surface area contributed by atoms with Crippen LogP contribution in [-0.2, 0) is 5.41 Å².